The minimum Gasteiger partial charge on any atom is -0.489 e. The molecule has 1 aliphatic rings. The van der Waals surface area contributed by atoms with Crippen LogP contribution in [0.4, 0.5) is 0 Å². The van der Waals surface area contributed by atoms with Gasteiger partial charge in [0, 0.05) is 33.6 Å². The molecule has 1 N–H and O–H groups in total. The standard InChI is InChI=1S/C28H28ClN3O3S/c29-23-8-3-2-7-21(23)19-34-22-12-10-20(11-13-22)26-17-24(31-35-26)28(33)30-18-25(27-9-6-16-36-27)32-14-4-1-5-15-32/h2-3,6-13,16-17,25H,1,4-5,14-15,18-19H2,(H,30,33). The molecule has 2 aromatic heterocycles. The Bertz CT molecular complexity index is 1270. The summed E-state index contributed by atoms with van der Waals surface area (Å²) >= 11 is 7.93. The van der Waals surface area contributed by atoms with Crippen molar-refractivity contribution < 1.29 is 14.1 Å². The van der Waals surface area contributed by atoms with Crippen LogP contribution in [-0.2, 0) is 6.61 Å². The van der Waals surface area contributed by atoms with Gasteiger partial charge in [-0.25, -0.2) is 0 Å². The number of piperidine rings is 1. The number of hydrogen-bond donors (Lipinski definition) is 1. The second kappa shape index (κ2) is 11.7. The summed E-state index contributed by atoms with van der Waals surface area (Å²) in [4.78, 5) is 16.6. The van der Waals surface area contributed by atoms with Gasteiger partial charge in [0.1, 0.15) is 12.4 Å². The lowest BCUT2D eigenvalue weighted by molar-refractivity contribution is 0.0917. The average molecular weight is 522 g/mol. The first kappa shape index (κ1) is 24.6. The molecule has 8 heteroatoms. The predicted octanol–water partition coefficient (Wildman–Crippen LogP) is 6.59. The second-order valence-electron chi connectivity index (χ2n) is 8.82. The average Bonchev–Trinajstić information content (AvgIpc) is 3.63. The number of thiophene rings is 1. The molecule has 1 saturated heterocycles. The second-order valence-corrected chi connectivity index (χ2v) is 10.2. The number of carbonyl (C=O) groups is 1. The Labute approximate surface area is 219 Å². The molecule has 5 rings (SSSR count). The lowest BCUT2D eigenvalue weighted by atomic mass is 10.1. The molecule has 186 valence electrons. The Morgan fingerprint density at radius 2 is 1.89 bits per heavy atom. The maximum atomic E-state index is 12.9. The fourth-order valence-corrected chi connectivity index (χ4v) is 5.46. The van der Waals surface area contributed by atoms with Gasteiger partial charge in [-0.2, -0.15) is 0 Å². The van der Waals surface area contributed by atoms with Crippen LogP contribution in [0.3, 0.4) is 0 Å². The summed E-state index contributed by atoms with van der Waals surface area (Å²) in [6.45, 7) is 3.05. The van der Waals surface area contributed by atoms with Crippen molar-refractivity contribution in [2.45, 2.75) is 31.9 Å². The zero-order chi connectivity index (χ0) is 24.7. The van der Waals surface area contributed by atoms with Gasteiger partial charge in [0.05, 0.1) is 6.04 Å². The quantitative estimate of drug-likeness (QED) is 0.269. The van der Waals surface area contributed by atoms with Crippen LogP contribution >= 0.6 is 22.9 Å². The van der Waals surface area contributed by atoms with Gasteiger partial charge in [0.25, 0.3) is 5.91 Å². The highest BCUT2D eigenvalue weighted by Gasteiger charge is 2.24. The molecule has 1 amide bonds. The van der Waals surface area contributed by atoms with E-state index in [2.05, 4.69) is 32.9 Å². The smallest absolute Gasteiger partial charge is 0.273 e. The van der Waals surface area contributed by atoms with E-state index in [1.54, 1.807) is 17.4 Å². The summed E-state index contributed by atoms with van der Waals surface area (Å²) < 4.78 is 11.3. The number of ether oxygens (including phenoxy) is 1. The zero-order valence-electron chi connectivity index (χ0n) is 19.9. The predicted molar refractivity (Wildman–Crippen MR) is 143 cm³/mol. The Hall–Kier alpha value is -3.13. The molecule has 0 saturated carbocycles. The fraction of sp³-hybridized carbons (Fsp3) is 0.286. The van der Waals surface area contributed by atoms with Crippen molar-refractivity contribution >= 4 is 28.8 Å². The normalized spacial score (nSPS) is 14.9. The molecule has 1 unspecified atom stereocenters. The highest BCUT2D eigenvalue weighted by molar-refractivity contribution is 7.10. The number of hydrogen-bond acceptors (Lipinski definition) is 6. The molecule has 1 atom stereocenters. The molecule has 0 aliphatic carbocycles. The molecule has 0 spiro atoms. The van der Waals surface area contributed by atoms with E-state index in [4.69, 9.17) is 20.9 Å². The van der Waals surface area contributed by atoms with Crippen LogP contribution in [-0.4, -0.2) is 35.6 Å². The maximum Gasteiger partial charge on any atom is 0.273 e. The van der Waals surface area contributed by atoms with Crippen LogP contribution in [0.5, 0.6) is 5.75 Å². The van der Waals surface area contributed by atoms with Gasteiger partial charge in [-0.15, -0.1) is 11.3 Å². The molecule has 1 fully saturated rings. The van der Waals surface area contributed by atoms with Crippen LogP contribution in [0.15, 0.2) is 76.6 Å². The number of carbonyl (C=O) groups excluding carboxylic acids is 1. The number of nitrogens with zero attached hydrogens (tertiary/aromatic N) is 2. The van der Waals surface area contributed by atoms with E-state index in [0.29, 0.717) is 29.7 Å². The number of benzene rings is 2. The molecule has 0 radical (unpaired) electrons. The molecule has 4 aromatic rings. The zero-order valence-corrected chi connectivity index (χ0v) is 21.4. The van der Waals surface area contributed by atoms with E-state index >= 15 is 0 Å². The topological polar surface area (TPSA) is 67.6 Å². The first-order chi connectivity index (χ1) is 17.7. The Kier molecular flexibility index (Phi) is 8.01. The maximum absolute atomic E-state index is 12.9. The number of halogens is 1. The van der Waals surface area contributed by atoms with E-state index in [1.165, 1.54) is 24.1 Å². The van der Waals surface area contributed by atoms with Crippen LogP contribution < -0.4 is 10.1 Å². The van der Waals surface area contributed by atoms with Crippen molar-refractivity contribution in [2.75, 3.05) is 19.6 Å². The molecular weight excluding hydrogens is 494 g/mol. The minimum absolute atomic E-state index is 0.180. The third-order valence-corrected chi connectivity index (χ3v) is 7.74. The van der Waals surface area contributed by atoms with Crippen molar-refractivity contribution in [1.29, 1.82) is 0 Å². The van der Waals surface area contributed by atoms with E-state index in [-0.39, 0.29) is 17.6 Å². The van der Waals surface area contributed by atoms with E-state index in [1.807, 2.05) is 48.5 Å². The summed E-state index contributed by atoms with van der Waals surface area (Å²) in [6, 6.07) is 21.2. The van der Waals surface area contributed by atoms with Gasteiger partial charge in [0.15, 0.2) is 11.5 Å². The molecule has 1 aliphatic heterocycles. The fourth-order valence-electron chi connectivity index (χ4n) is 4.41. The van der Waals surface area contributed by atoms with Crippen molar-refractivity contribution in [3.8, 4) is 17.1 Å². The molecule has 2 aromatic carbocycles. The highest BCUT2D eigenvalue weighted by atomic mass is 35.5. The summed E-state index contributed by atoms with van der Waals surface area (Å²) in [7, 11) is 0. The third-order valence-electron chi connectivity index (χ3n) is 6.39. The lowest BCUT2D eigenvalue weighted by Gasteiger charge is -2.34. The summed E-state index contributed by atoms with van der Waals surface area (Å²) in [6.07, 6.45) is 3.68. The van der Waals surface area contributed by atoms with E-state index in [0.717, 1.165) is 24.2 Å². The van der Waals surface area contributed by atoms with E-state index in [9.17, 15) is 4.79 Å². The summed E-state index contributed by atoms with van der Waals surface area (Å²) in [5.74, 6) is 1.01. The lowest BCUT2D eigenvalue weighted by Crippen LogP contribution is -2.40. The molecular formula is C28H28ClN3O3S. The van der Waals surface area contributed by atoms with Crippen molar-refractivity contribution in [3.63, 3.8) is 0 Å². The number of aromatic nitrogens is 1. The summed E-state index contributed by atoms with van der Waals surface area (Å²) in [5.41, 5.74) is 2.01. The minimum atomic E-state index is -0.233. The van der Waals surface area contributed by atoms with Gasteiger partial charge in [0.2, 0.25) is 0 Å². The van der Waals surface area contributed by atoms with E-state index < -0.39 is 0 Å². The molecule has 0 bridgehead atoms. The number of likely N-dealkylation sites (tertiary alicyclic amines) is 1. The van der Waals surface area contributed by atoms with Gasteiger partial charge >= 0.3 is 0 Å². The van der Waals surface area contributed by atoms with Crippen molar-refractivity contribution in [2.24, 2.45) is 0 Å². The van der Waals surface area contributed by atoms with Gasteiger partial charge in [-0.05, 0) is 67.7 Å². The third kappa shape index (κ3) is 5.98. The van der Waals surface area contributed by atoms with Crippen LogP contribution in [0.2, 0.25) is 5.02 Å². The monoisotopic (exact) mass is 521 g/mol. The first-order valence-electron chi connectivity index (χ1n) is 12.2. The van der Waals surface area contributed by atoms with Gasteiger partial charge in [-0.1, -0.05) is 47.4 Å². The number of nitrogens with one attached hydrogen (secondary N) is 1. The van der Waals surface area contributed by atoms with Crippen LogP contribution in [0, 0.1) is 0 Å². The van der Waals surface area contributed by atoms with Crippen LogP contribution in [0.1, 0.15) is 46.2 Å². The Morgan fingerprint density at radius 3 is 2.64 bits per heavy atom. The largest absolute Gasteiger partial charge is 0.489 e. The van der Waals surface area contributed by atoms with Crippen LogP contribution in [0.25, 0.3) is 11.3 Å². The Morgan fingerprint density at radius 1 is 1.08 bits per heavy atom. The van der Waals surface area contributed by atoms with Crippen molar-refractivity contribution in [1.82, 2.24) is 15.4 Å². The molecule has 6 nitrogen and oxygen atoms in total. The molecule has 36 heavy (non-hydrogen) atoms. The summed E-state index contributed by atoms with van der Waals surface area (Å²) in [5, 5.41) is 9.85. The SMILES string of the molecule is O=C(NCC(c1cccs1)N1CCCCC1)c1cc(-c2ccc(OCc3ccccc3Cl)cc2)on1. The first-order valence-corrected chi connectivity index (χ1v) is 13.4. The Balaban J connectivity index is 1.19. The number of amides is 1. The highest BCUT2D eigenvalue weighted by Crippen LogP contribution is 2.28. The number of rotatable bonds is 9. The van der Waals surface area contributed by atoms with Gasteiger partial charge in [-0.3, -0.25) is 9.69 Å². The van der Waals surface area contributed by atoms with Crippen molar-refractivity contribution in [3.05, 3.63) is 93.3 Å². The molecule has 3 heterocycles. The van der Waals surface area contributed by atoms with Gasteiger partial charge < -0.3 is 14.6 Å².